The summed E-state index contributed by atoms with van der Waals surface area (Å²) in [7, 11) is 0. The summed E-state index contributed by atoms with van der Waals surface area (Å²) >= 11 is 6.92. The molecule has 0 aromatic carbocycles. The van der Waals surface area contributed by atoms with E-state index in [0.717, 1.165) is 18.7 Å². The predicted octanol–water partition coefficient (Wildman–Crippen LogP) is 3.86. The van der Waals surface area contributed by atoms with Crippen molar-refractivity contribution in [1.29, 1.82) is 0 Å². The van der Waals surface area contributed by atoms with E-state index in [9.17, 15) is 0 Å². The van der Waals surface area contributed by atoms with Gasteiger partial charge in [0.15, 0.2) is 0 Å². The number of halogens is 1. The van der Waals surface area contributed by atoms with Gasteiger partial charge in [0, 0.05) is 22.8 Å². The molecular formula is C11H13BrN2S2. The molecule has 0 amide bonds. The van der Waals surface area contributed by atoms with E-state index in [1.807, 2.05) is 5.51 Å². The minimum absolute atomic E-state index is 0.342. The van der Waals surface area contributed by atoms with Crippen LogP contribution >= 0.6 is 38.6 Å². The second kappa shape index (κ2) is 5.91. The van der Waals surface area contributed by atoms with Gasteiger partial charge in [-0.05, 0) is 41.4 Å². The van der Waals surface area contributed by atoms with Crippen molar-refractivity contribution in [2.24, 2.45) is 0 Å². The van der Waals surface area contributed by atoms with E-state index < -0.39 is 0 Å². The Labute approximate surface area is 112 Å². The monoisotopic (exact) mass is 316 g/mol. The summed E-state index contributed by atoms with van der Waals surface area (Å²) in [6.07, 6.45) is 1.07. The first kappa shape index (κ1) is 12.2. The molecule has 0 bridgehead atoms. The maximum atomic E-state index is 4.30. The van der Waals surface area contributed by atoms with Crippen LogP contribution in [0.25, 0.3) is 0 Å². The molecule has 0 fully saturated rings. The first-order chi connectivity index (χ1) is 7.75. The first-order valence-corrected chi connectivity index (χ1v) is 7.66. The molecule has 1 atom stereocenters. The van der Waals surface area contributed by atoms with E-state index in [2.05, 4.69) is 50.7 Å². The van der Waals surface area contributed by atoms with E-state index >= 15 is 0 Å². The molecule has 0 aliphatic carbocycles. The molecule has 1 unspecified atom stereocenters. The van der Waals surface area contributed by atoms with Crippen molar-refractivity contribution < 1.29 is 0 Å². The molecule has 2 aromatic rings. The van der Waals surface area contributed by atoms with Crippen molar-refractivity contribution in [3.63, 3.8) is 0 Å². The second-order valence-electron chi connectivity index (χ2n) is 3.54. The molecule has 2 rings (SSSR count). The third kappa shape index (κ3) is 3.38. The molecule has 86 valence electrons. The zero-order valence-electron chi connectivity index (χ0n) is 8.94. The molecule has 0 spiro atoms. The number of thiazole rings is 1. The molecule has 2 heterocycles. The van der Waals surface area contributed by atoms with Crippen molar-refractivity contribution in [1.82, 2.24) is 10.3 Å². The average Bonchev–Trinajstić information content (AvgIpc) is 2.89. The number of thiophene rings is 1. The third-order valence-corrected chi connectivity index (χ3v) is 4.63. The Balaban J connectivity index is 1.76. The van der Waals surface area contributed by atoms with Crippen LogP contribution in [0.1, 0.15) is 23.5 Å². The van der Waals surface area contributed by atoms with Gasteiger partial charge in [0.2, 0.25) is 0 Å². The zero-order chi connectivity index (χ0) is 11.4. The van der Waals surface area contributed by atoms with Crippen molar-refractivity contribution in [2.75, 3.05) is 6.54 Å². The molecule has 2 nitrogen and oxygen atoms in total. The quantitative estimate of drug-likeness (QED) is 0.906. The summed E-state index contributed by atoms with van der Waals surface area (Å²) in [5.41, 5.74) is 3.02. The molecular weight excluding hydrogens is 304 g/mol. The highest BCUT2D eigenvalue weighted by atomic mass is 79.9. The van der Waals surface area contributed by atoms with Crippen molar-refractivity contribution in [3.8, 4) is 0 Å². The van der Waals surface area contributed by atoms with Gasteiger partial charge in [-0.1, -0.05) is 0 Å². The third-order valence-electron chi connectivity index (χ3n) is 2.35. The van der Waals surface area contributed by atoms with Crippen LogP contribution in [0, 0.1) is 0 Å². The molecule has 1 N–H and O–H groups in total. The van der Waals surface area contributed by atoms with E-state index in [1.54, 1.807) is 22.7 Å². The first-order valence-electron chi connectivity index (χ1n) is 5.11. The van der Waals surface area contributed by atoms with E-state index in [4.69, 9.17) is 0 Å². The van der Waals surface area contributed by atoms with Gasteiger partial charge in [-0.15, -0.1) is 22.7 Å². The normalized spacial score (nSPS) is 12.9. The largest absolute Gasteiger partial charge is 0.308 e. The summed E-state index contributed by atoms with van der Waals surface area (Å²) in [6, 6.07) is 4.61. The molecule has 2 aromatic heterocycles. The molecule has 0 aliphatic rings. The van der Waals surface area contributed by atoms with Crippen LogP contribution in [0.5, 0.6) is 0 Å². The molecule has 5 heteroatoms. The Bertz CT molecular complexity index is 425. The fourth-order valence-corrected chi connectivity index (χ4v) is 3.57. The van der Waals surface area contributed by atoms with Crippen LogP contribution in [0.4, 0.5) is 0 Å². The van der Waals surface area contributed by atoms with Gasteiger partial charge in [0.05, 0.1) is 15.0 Å². The van der Waals surface area contributed by atoms with E-state index in [0.29, 0.717) is 6.04 Å². The highest BCUT2D eigenvalue weighted by Gasteiger charge is 2.06. The van der Waals surface area contributed by atoms with Crippen LogP contribution in [0.2, 0.25) is 0 Å². The van der Waals surface area contributed by atoms with Crippen LogP contribution in [0.15, 0.2) is 26.8 Å². The highest BCUT2D eigenvalue weighted by molar-refractivity contribution is 9.11. The zero-order valence-corrected chi connectivity index (χ0v) is 12.2. The topological polar surface area (TPSA) is 24.9 Å². The molecule has 0 aliphatic heterocycles. The summed E-state index contributed by atoms with van der Waals surface area (Å²) < 4.78 is 1.20. The highest BCUT2D eigenvalue weighted by Crippen LogP contribution is 2.22. The van der Waals surface area contributed by atoms with E-state index in [-0.39, 0.29) is 0 Å². The van der Waals surface area contributed by atoms with Crippen molar-refractivity contribution in [2.45, 2.75) is 19.4 Å². The van der Waals surface area contributed by atoms with Gasteiger partial charge in [-0.3, -0.25) is 0 Å². The van der Waals surface area contributed by atoms with Crippen LogP contribution in [-0.4, -0.2) is 11.5 Å². The number of aromatic nitrogens is 1. The Morgan fingerprint density at radius 1 is 1.50 bits per heavy atom. The summed E-state index contributed by atoms with van der Waals surface area (Å²) in [5, 5.41) is 5.57. The Kier molecular flexibility index (Phi) is 4.52. The number of rotatable bonds is 5. The average molecular weight is 317 g/mol. The minimum atomic E-state index is 0.342. The number of hydrogen-bond acceptors (Lipinski definition) is 4. The number of nitrogens with zero attached hydrogens (tertiary/aromatic N) is 1. The van der Waals surface area contributed by atoms with Gasteiger partial charge in [-0.2, -0.15) is 0 Å². The second-order valence-corrected chi connectivity index (χ2v) is 6.81. The maximum Gasteiger partial charge on any atom is 0.0795 e. The van der Waals surface area contributed by atoms with Gasteiger partial charge in [0.1, 0.15) is 0 Å². The lowest BCUT2D eigenvalue weighted by atomic mass is 10.2. The van der Waals surface area contributed by atoms with Gasteiger partial charge in [-0.25, -0.2) is 4.98 Å². The maximum absolute atomic E-state index is 4.30. The molecule has 0 radical (unpaired) electrons. The smallest absolute Gasteiger partial charge is 0.0795 e. The fraction of sp³-hybridized carbons (Fsp3) is 0.364. The standard InChI is InChI=1S/C11H13BrN2S2/c1-8(10-6-15-7-14-10)13-5-4-9-2-3-11(12)16-9/h2-3,6-8,13H,4-5H2,1H3. The Morgan fingerprint density at radius 2 is 2.38 bits per heavy atom. The van der Waals surface area contributed by atoms with Gasteiger partial charge < -0.3 is 5.32 Å². The molecule has 0 saturated carbocycles. The molecule has 16 heavy (non-hydrogen) atoms. The van der Waals surface area contributed by atoms with Crippen LogP contribution in [-0.2, 0) is 6.42 Å². The predicted molar refractivity (Wildman–Crippen MR) is 74.3 cm³/mol. The number of nitrogens with one attached hydrogen (secondary N) is 1. The van der Waals surface area contributed by atoms with Gasteiger partial charge >= 0.3 is 0 Å². The summed E-state index contributed by atoms with van der Waals surface area (Å²) in [5.74, 6) is 0. The lowest BCUT2D eigenvalue weighted by molar-refractivity contribution is 0.568. The van der Waals surface area contributed by atoms with Gasteiger partial charge in [0.25, 0.3) is 0 Å². The fourth-order valence-electron chi connectivity index (χ4n) is 1.44. The van der Waals surface area contributed by atoms with E-state index in [1.165, 1.54) is 8.66 Å². The van der Waals surface area contributed by atoms with Crippen LogP contribution in [0.3, 0.4) is 0 Å². The van der Waals surface area contributed by atoms with Crippen molar-refractivity contribution >= 4 is 38.6 Å². The minimum Gasteiger partial charge on any atom is -0.308 e. The molecule has 0 saturated heterocycles. The lowest BCUT2D eigenvalue weighted by Crippen LogP contribution is -2.21. The SMILES string of the molecule is CC(NCCc1ccc(Br)s1)c1cscn1. The number of hydrogen-bond donors (Lipinski definition) is 1. The summed E-state index contributed by atoms with van der Waals surface area (Å²) in [6.45, 7) is 3.14. The Morgan fingerprint density at radius 3 is 3.00 bits per heavy atom. The lowest BCUT2D eigenvalue weighted by Gasteiger charge is -2.10. The summed E-state index contributed by atoms with van der Waals surface area (Å²) in [4.78, 5) is 5.70. The van der Waals surface area contributed by atoms with Crippen LogP contribution < -0.4 is 5.32 Å². The van der Waals surface area contributed by atoms with Crippen molar-refractivity contribution in [3.05, 3.63) is 37.4 Å². The Hall–Kier alpha value is -0.230.